The molecule has 2 aromatic rings. The maximum absolute atomic E-state index is 12.1. The summed E-state index contributed by atoms with van der Waals surface area (Å²) in [7, 11) is -3.58. The van der Waals surface area contributed by atoms with Gasteiger partial charge in [-0.1, -0.05) is 6.07 Å². The first kappa shape index (κ1) is 11.2. The number of fused-ring (bicyclic) bond motifs is 1. The minimum absolute atomic E-state index is 0.216. The second kappa shape index (κ2) is 4.11. The highest BCUT2D eigenvalue weighted by atomic mass is 32.2. The molecule has 0 radical (unpaired) electrons. The van der Waals surface area contributed by atoms with Crippen LogP contribution in [0.2, 0.25) is 0 Å². The lowest BCUT2D eigenvalue weighted by atomic mass is 10.1. The molecule has 1 aromatic carbocycles. The molecule has 6 nitrogen and oxygen atoms in total. The summed E-state index contributed by atoms with van der Waals surface area (Å²) in [6.45, 7) is 1.50. The number of sulfonamides is 1. The molecule has 1 aromatic heterocycles. The van der Waals surface area contributed by atoms with Crippen molar-refractivity contribution in [2.75, 3.05) is 4.72 Å². The van der Waals surface area contributed by atoms with Gasteiger partial charge in [0, 0.05) is 25.5 Å². The average Bonchev–Trinajstić information content (AvgIpc) is 2.97. The molecule has 3 N–H and O–H groups in total. The largest absolute Gasteiger partial charge is 0.330 e. The Morgan fingerprint density at radius 2 is 2.06 bits per heavy atom. The van der Waals surface area contributed by atoms with Gasteiger partial charge in [0.1, 0.15) is 0 Å². The van der Waals surface area contributed by atoms with Gasteiger partial charge in [-0.2, -0.15) is 0 Å². The van der Waals surface area contributed by atoms with Gasteiger partial charge in [-0.3, -0.25) is 0 Å². The van der Waals surface area contributed by atoms with Crippen LogP contribution in [0.5, 0.6) is 0 Å². The van der Waals surface area contributed by atoms with Crippen molar-refractivity contribution in [3.63, 3.8) is 0 Å². The molecular formula is C11H12N4O2S. The molecule has 0 saturated heterocycles. The van der Waals surface area contributed by atoms with Crippen LogP contribution in [0.15, 0.2) is 35.5 Å². The fraction of sp³-hybridized carbons (Fsp3) is 0.182. The van der Waals surface area contributed by atoms with Crippen molar-refractivity contribution in [1.82, 2.24) is 15.3 Å². The Bertz CT molecular complexity index is 664. The summed E-state index contributed by atoms with van der Waals surface area (Å²) in [4.78, 5) is 6.79. The third kappa shape index (κ3) is 1.98. The van der Waals surface area contributed by atoms with Crippen molar-refractivity contribution in [2.45, 2.75) is 18.0 Å². The Morgan fingerprint density at radius 1 is 1.22 bits per heavy atom. The van der Waals surface area contributed by atoms with E-state index in [1.165, 1.54) is 6.20 Å². The fourth-order valence-electron chi connectivity index (χ4n) is 1.95. The lowest BCUT2D eigenvalue weighted by molar-refractivity contribution is 0.600. The molecule has 0 atom stereocenters. The highest BCUT2D eigenvalue weighted by molar-refractivity contribution is 7.92. The Hall–Kier alpha value is -1.86. The van der Waals surface area contributed by atoms with Crippen LogP contribution >= 0.6 is 0 Å². The van der Waals surface area contributed by atoms with E-state index in [1.807, 2.05) is 6.07 Å². The maximum Gasteiger partial charge on any atom is 0.264 e. The molecule has 2 heterocycles. The molecule has 7 heteroatoms. The number of aromatic amines is 1. The van der Waals surface area contributed by atoms with Crippen molar-refractivity contribution in [3.8, 4) is 0 Å². The van der Waals surface area contributed by atoms with Crippen LogP contribution in [-0.2, 0) is 23.1 Å². The van der Waals surface area contributed by atoms with Crippen LogP contribution in [0, 0.1) is 0 Å². The molecule has 94 valence electrons. The molecule has 0 aliphatic carbocycles. The van der Waals surface area contributed by atoms with E-state index in [2.05, 4.69) is 20.0 Å². The number of imidazole rings is 1. The Labute approximate surface area is 105 Å². The lowest BCUT2D eigenvalue weighted by Gasteiger charge is -2.07. The number of hydrogen-bond donors (Lipinski definition) is 3. The molecule has 1 aliphatic rings. The highest BCUT2D eigenvalue weighted by Gasteiger charge is 2.18. The summed E-state index contributed by atoms with van der Waals surface area (Å²) in [5, 5.41) is 3.18. The van der Waals surface area contributed by atoms with Gasteiger partial charge in [0.25, 0.3) is 10.0 Å². The van der Waals surface area contributed by atoms with Crippen molar-refractivity contribution in [2.24, 2.45) is 0 Å². The third-order valence-electron chi connectivity index (χ3n) is 2.85. The summed E-state index contributed by atoms with van der Waals surface area (Å²) in [5.74, 6) is 0.216. The van der Waals surface area contributed by atoms with Crippen molar-refractivity contribution >= 4 is 16.0 Å². The highest BCUT2D eigenvalue weighted by Crippen LogP contribution is 2.21. The van der Waals surface area contributed by atoms with Crippen molar-refractivity contribution < 1.29 is 8.42 Å². The number of rotatable bonds is 3. The minimum atomic E-state index is -3.58. The van der Waals surface area contributed by atoms with Crippen LogP contribution in [0.3, 0.4) is 0 Å². The first-order valence-corrected chi connectivity index (χ1v) is 6.98. The predicted octanol–water partition coefficient (Wildman–Crippen LogP) is 0.814. The van der Waals surface area contributed by atoms with Gasteiger partial charge in [-0.05, 0) is 23.3 Å². The van der Waals surface area contributed by atoms with Crippen LogP contribution in [0.25, 0.3) is 0 Å². The molecule has 18 heavy (non-hydrogen) atoms. The Kier molecular flexibility index (Phi) is 2.57. The lowest BCUT2D eigenvalue weighted by Crippen LogP contribution is -2.14. The quantitative estimate of drug-likeness (QED) is 0.765. The number of benzene rings is 1. The zero-order valence-electron chi connectivity index (χ0n) is 9.47. The normalized spacial score (nSPS) is 14.4. The molecule has 0 spiro atoms. The summed E-state index contributed by atoms with van der Waals surface area (Å²) in [6, 6.07) is 5.14. The summed E-state index contributed by atoms with van der Waals surface area (Å²) < 4.78 is 26.6. The van der Waals surface area contributed by atoms with Gasteiger partial charge in [0.05, 0.1) is 4.90 Å². The SMILES string of the molecule is O=S(=O)(Nc1ncc[nH]1)c1ccc2c(c1)CNC2. The summed E-state index contributed by atoms with van der Waals surface area (Å²) in [6.07, 6.45) is 3.05. The first-order valence-electron chi connectivity index (χ1n) is 5.50. The van der Waals surface area contributed by atoms with Gasteiger partial charge >= 0.3 is 0 Å². The Morgan fingerprint density at radius 3 is 2.83 bits per heavy atom. The van der Waals surface area contributed by atoms with Gasteiger partial charge in [0.15, 0.2) is 0 Å². The van der Waals surface area contributed by atoms with E-state index in [0.29, 0.717) is 6.54 Å². The van der Waals surface area contributed by atoms with E-state index in [4.69, 9.17) is 0 Å². The molecule has 0 fully saturated rings. The van der Waals surface area contributed by atoms with E-state index in [1.54, 1.807) is 18.3 Å². The topological polar surface area (TPSA) is 86.9 Å². The van der Waals surface area contributed by atoms with Crippen molar-refractivity contribution in [1.29, 1.82) is 0 Å². The minimum Gasteiger partial charge on any atom is -0.330 e. The van der Waals surface area contributed by atoms with Crippen LogP contribution < -0.4 is 10.0 Å². The van der Waals surface area contributed by atoms with Gasteiger partial charge in [0.2, 0.25) is 5.95 Å². The standard InChI is InChI=1S/C11H12N4O2S/c16-18(17,15-11-13-3-4-14-11)10-2-1-8-6-12-7-9(8)5-10/h1-5,12H,6-7H2,(H2,13,14,15). The molecule has 0 saturated carbocycles. The second-order valence-corrected chi connectivity index (χ2v) is 5.76. The summed E-state index contributed by atoms with van der Waals surface area (Å²) >= 11 is 0. The van der Waals surface area contributed by atoms with E-state index in [9.17, 15) is 8.42 Å². The van der Waals surface area contributed by atoms with E-state index in [-0.39, 0.29) is 10.8 Å². The number of aromatic nitrogens is 2. The van der Waals surface area contributed by atoms with Crippen LogP contribution in [0.1, 0.15) is 11.1 Å². The van der Waals surface area contributed by atoms with Crippen LogP contribution in [-0.4, -0.2) is 18.4 Å². The number of nitrogens with zero attached hydrogens (tertiary/aromatic N) is 1. The first-order chi connectivity index (χ1) is 8.65. The number of H-pyrrole nitrogens is 1. The molecule has 0 bridgehead atoms. The van der Waals surface area contributed by atoms with Gasteiger partial charge < -0.3 is 10.3 Å². The maximum atomic E-state index is 12.1. The average molecular weight is 264 g/mol. The zero-order valence-corrected chi connectivity index (χ0v) is 10.3. The molecular weight excluding hydrogens is 252 g/mol. The third-order valence-corrected chi connectivity index (χ3v) is 4.18. The molecule has 0 amide bonds. The van der Waals surface area contributed by atoms with E-state index in [0.717, 1.165) is 17.7 Å². The van der Waals surface area contributed by atoms with Crippen molar-refractivity contribution in [3.05, 3.63) is 41.7 Å². The zero-order chi connectivity index (χ0) is 12.6. The molecule has 1 aliphatic heterocycles. The summed E-state index contributed by atoms with van der Waals surface area (Å²) in [5.41, 5.74) is 2.17. The number of anilines is 1. The second-order valence-electron chi connectivity index (χ2n) is 4.08. The van der Waals surface area contributed by atoms with Crippen LogP contribution in [0.4, 0.5) is 5.95 Å². The monoisotopic (exact) mass is 264 g/mol. The number of hydrogen-bond acceptors (Lipinski definition) is 4. The predicted molar refractivity (Wildman–Crippen MR) is 66.4 cm³/mol. The fourth-order valence-corrected chi connectivity index (χ4v) is 2.97. The van der Waals surface area contributed by atoms with Gasteiger partial charge in [-0.25, -0.2) is 18.1 Å². The van der Waals surface area contributed by atoms with E-state index >= 15 is 0 Å². The smallest absolute Gasteiger partial charge is 0.264 e. The Balaban J connectivity index is 1.94. The van der Waals surface area contributed by atoms with E-state index < -0.39 is 10.0 Å². The van der Waals surface area contributed by atoms with Gasteiger partial charge in [-0.15, -0.1) is 0 Å². The molecule has 0 unspecified atom stereocenters. The molecule has 3 rings (SSSR count). The number of nitrogens with one attached hydrogen (secondary N) is 3.